The fourth-order valence-corrected chi connectivity index (χ4v) is 2.48. The van der Waals surface area contributed by atoms with Gasteiger partial charge in [0.1, 0.15) is 5.82 Å². The number of hydrogen-bond donors (Lipinski definition) is 1. The Balaban J connectivity index is 2.13. The lowest BCUT2D eigenvalue weighted by Gasteiger charge is -2.33. The lowest BCUT2D eigenvalue weighted by Crippen LogP contribution is -2.37. The van der Waals surface area contributed by atoms with Crippen molar-refractivity contribution in [2.24, 2.45) is 0 Å². The van der Waals surface area contributed by atoms with Crippen LogP contribution in [0.1, 0.15) is 26.7 Å². The first-order valence-electron chi connectivity index (χ1n) is 6.31. The molecule has 1 aromatic rings. The number of nitro benzene ring substituents is 1. The minimum atomic E-state index is -0.528. The number of ether oxygens (including phenoxy) is 1. The number of hydrogen-bond acceptors (Lipinski definition) is 4. The number of anilines is 1. The molecule has 0 aliphatic carbocycles. The molecule has 19 heavy (non-hydrogen) atoms. The van der Waals surface area contributed by atoms with Crippen molar-refractivity contribution >= 4 is 11.4 Å². The van der Waals surface area contributed by atoms with Crippen LogP contribution in [0.2, 0.25) is 0 Å². The van der Waals surface area contributed by atoms with E-state index in [-0.39, 0.29) is 29.6 Å². The maximum atomic E-state index is 13.7. The number of nitrogens with zero attached hydrogens (tertiary/aromatic N) is 1. The summed E-state index contributed by atoms with van der Waals surface area (Å²) in [6.07, 6.45) is 1.71. The van der Waals surface area contributed by atoms with Gasteiger partial charge < -0.3 is 10.1 Å². The zero-order chi connectivity index (χ0) is 14.0. The third-order valence-corrected chi connectivity index (χ3v) is 3.22. The Morgan fingerprint density at radius 1 is 1.37 bits per heavy atom. The zero-order valence-electron chi connectivity index (χ0n) is 10.9. The van der Waals surface area contributed by atoms with Gasteiger partial charge in [-0.15, -0.1) is 0 Å². The summed E-state index contributed by atoms with van der Waals surface area (Å²) >= 11 is 0. The van der Waals surface area contributed by atoms with Crippen LogP contribution < -0.4 is 5.32 Å². The average Bonchev–Trinajstić information content (AvgIpc) is 2.30. The summed E-state index contributed by atoms with van der Waals surface area (Å²) in [6.45, 7) is 3.93. The number of nitrogens with one attached hydrogen (secondary N) is 1. The Kier molecular flexibility index (Phi) is 3.99. The minimum absolute atomic E-state index is 0.0651. The summed E-state index contributed by atoms with van der Waals surface area (Å²) in [5, 5.41) is 13.7. The van der Waals surface area contributed by atoms with Gasteiger partial charge in [0.15, 0.2) is 0 Å². The van der Waals surface area contributed by atoms with E-state index in [4.69, 9.17) is 4.74 Å². The molecule has 1 fully saturated rings. The molecule has 1 heterocycles. The van der Waals surface area contributed by atoms with Gasteiger partial charge in [0.25, 0.3) is 5.69 Å². The highest BCUT2D eigenvalue weighted by Gasteiger charge is 2.25. The molecule has 0 spiro atoms. The standard InChI is InChI=1S/C13H17FN2O3/c1-8-5-10(6-9(2)19-8)15-13-7-11(16(17)18)3-4-12(13)14/h3-4,7-10,15H,5-6H2,1-2H3. The van der Waals surface area contributed by atoms with E-state index < -0.39 is 10.7 Å². The summed E-state index contributed by atoms with van der Waals surface area (Å²) in [6, 6.07) is 3.58. The number of benzene rings is 1. The van der Waals surface area contributed by atoms with Crippen LogP contribution >= 0.6 is 0 Å². The molecule has 1 aromatic carbocycles. The van der Waals surface area contributed by atoms with Crippen molar-refractivity contribution in [1.29, 1.82) is 0 Å². The van der Waals surface area contributed by atoms with Crippen LogP contribution in [0.15, 0.2) is 18.2 Å². The van der Waals surface area contributed by atoms with Gasteiger partial charge in [-0.1, -0.05) is 0 Å². The molecule has 2 unspecified atom stereocenters. The first-order chi connectivity index (χ1) is 8.95. The van der Waals surface area contributed by atoms with Gasteiger partial charge in [-0.3, -0.25) is 10.1 Å². The molecule has 2 rings (SSSR count). The Bertz CT molecular complexity index is 471. The normalized spacial score (nSPS) is 27.0. The fraction of sp³-hybridized carbons (Fsp3) is 0.538. The largest absolute Gasteiger partial charge is 0.380 e. The predicted molar refractivity (Wildman–Crippen MR) is 69.7 cm³/mol. The molecule has 0 aromatic heterocycles. The average molecular weight is 268 g/mol. The molecule has 0 radical (unpaired) electrons. The highest BCUT2D eigenvalue weighted by molar-refractivity contribution is 5.52. The summed E-state index contributed by atoms with van der Waals surface area (Å²) < 4.78 is 19.3. The van der Waals surface area contributed by atoms with E-state index in [2.05, 4.69) is 5.32 Å². The maximum Gasteiger partial charge on any atom is 0.271 e. The lowest BCUT2D eigenvalue weighted by molar-refractivity contribution is -0.384. The van der Waals surface area contributed by atoms with Crippen LogP contribution in [0.25, 0.3) is 0 Å². The van der Waals surface area contributed by atoms with E-state index in [1.165, 1.54) is 6.07 Å². The number of rotatable bonds is 3. The molecule has 1 N–H and O–H groups in total. The second-order valence-electron chi connectivity index (χ2n) is 4.99. The summed E-state index contributed by atoms with van der Waals surface area (Å²) in [5.41, 5.74) is 0.0672. The van der Waals surface area contributed by atoms with Gasteiger partial charge in [-0.2, -0.15) is 0 Å². The van der Waals surface area contributed by atoms with Gasteiger partial charge in [-0.05, 0) is 32.8 Å². The van der Waals surface area contributed by atoms with E-state index in [0.29, 0.717) is 0 Å². The topological polar surface area (TPSA) is 64.4 Å². The Hall–Kier alpha value is -1.69. The molecule has 2 atom stereocenters. The van der Waals surface area contributed by atoms with Crippen molar-refractivity contribution in [2.75, 3.05) is 5.32 Å². The quantitative estimate of drug-likeness (QED) is 0.675. The van der Waals surface area contributed by atoms with E-state index in [1.807, 2.05) is 13.8 Å². The minimum Gasteiger partial charge on any atom is -0.380 e. The third-order valence-electron chi connectivity index (χ3n) is 3.22. The Labute approximate surface area is 110 Å². The Morgan fingerprint density at radius 3 is 2.58 bits per heavy atom. The molecule has 1 saturated heterocycles. The van der Waals surface area contributed by atoms with Gasteiger partial charge in [0.05, 0.1) is 22.8 Å². The van der Waals surface area contributed by atoms with E-state index in [0.717, 1.165) is 25.0 Å². The Morgan fingerprint density at radius 2 is 2.00 bits per heavy atom. The molecule has 0 bridgehead atoms. The highest BCUT2D eigenvalue weighted by atomic mass is 19.1. The second kappa shape index (κ2) is 5.52. The van der Waals surface area contributed by atoms with E-state index in [9.17, 15) is 14.5 Å². The summed E-state index contributed by atoms with van der Waals surface area (Å²) in [7, 11) is 0. The van der Waals surface area contributed by atoms with Crippen molar-refractivity contribution in [3.8, 4) is 0 Å². The molecule has 0 amide bonds. The van der Waals surface area contributed by atoms with Crippen LogP contribution in [0.4, 0.5) is 15.8 Å². The lowest BCUT2D eigenvalue weighted by atomic mass is 9.99. The van der Waals surface area contributed by atoms with E-state index >= 15 is 0 Å². The molecule has 104 valence electrons. The van der Waals surface area contributed by atoms with Crippen LogP contribution in [-0.2, 0) is 4.74 Å². The molecule has 5 nitrogen and oxygen atoms in total. The van der Waals surface area contributed by atoms with E-state index in [1.54, 1.807) is 0 Å². The van der Waals surface area contributed by atoms with Crippen molar-refractivity contribution in [3.63, 3.8) is 0 Å². The molecule has 6 heteroatoms. The smallest absolute Gasteiger partial charge is 0.271 e. The summed E-state index contributed by atoms with van der Waals surface area (Å²) in [4.78, 5) is 10.2. The maximum absolute atomic E-state index is 13.7. The van der Waals surface area contributed by atoms with Crippen molar-refractivity contribution < 1.29 is 14.1 Å². The van der Waals surface area contributed by atoms with Crippen molar-refractivity contribution in [1.82, 2.24) is 0 Å². The first kappa shape index (κ1) is 13.7. The second-order valence-corrected chi connectivity index (χ2v) is 4.99. The van der Waals surface area contributed by atoms with Gasteiger partial charge >= 0.3 is 0 Å². The third kappa shape index (κ3) is 3.41. The van der Waals surface area contributed by atoms with Crippen molar-refractivity contribution in [3.05, 3.63) is 34.1 Å². The van der Waals surface area contributed by atoms with Gasteiger partial charge in [-0.25, -0.2) is 4.39 Å². The SMILES string of the molecule is CC1CC(Nc2cc([N+](=O)[O-])ccc2F)CC(C)O1. The number of halogens is 1. The zero-order valence-corrected chi connectivity index (χ0v) is 10.9. The van der Waals surface area contributed by atoms with Crippen LogP contribution in [-0.4, -0.2) is 23.2 Å². The molecule has 0 saturated carbocycles. The van der Waals surface area contributed by atoms with Crippen molar-refractivity contribution in [2.45, 2.75) is 44.9 Å². The summed E-state index contributed by atoms with van der Waals surface area (Å²) in [5.74, 6) is -0.475. The van der Waals surface area contributed by atoms with Crippen LogP contribution in [0.5, 0.6) is 0 Å². The van der Waals surface area contributed by atoms with Crippen LogP contribution in [0, 0.1) is 15.9 Å². The highest BCUT2D eigenvalue weighted by Crippen LogP contribution is 2.26. The monoisotopic (exact) mass is 268 g/mol. The molecule has 1 aliphatic heterocycles. The predicted octanol–water partition coefficient (Wildman–Crippen LogP) is 3.10. The van der Waals surface area contributed by atoms with Gasteiger partial charge in [0, 0.05) is 18.2 Å². The van der Waals surface area contributed by atoms with Crippen LogP contribution in [0.3, 0.4) is 0 Å². The molecule has 1 aliphatic rings. The fourth-order valence-electron chi connectivity index (χ4n) is 2.48. The first-order valence-corrected chi connectivity index (χ1v) is 6.31. The van der Waals surface area contributed by atoms with Gasteiger partial charge in [0.2, 0.25) is 0 Å². The number of nitro groups is 1. The number of non-ortho nitro benzene ring substituents is 1. The molecular weight excluding hydrogens is 251 g/mol. The molecular formula is C13H17FN2O3.